The molecule has 0 aliphatic heterocycles. The van der Waals surface area contributed by atoms with E-state index in [1.807, 2.05) is 12.1 Å². The summed E-state index contributed by atoms with van der Waals surface area (Å²) in [5.74, 6) is 0.189. The van der Waals surface area contributed by atoms with Crippen molar-refractivity contribution < 1.29 is 14.3 Å². The standard InChI is InChI=1S/C18H18Cl2N2O3/c1-12(23)22(10-13-3-6-15(25-2)7-4-13)11-18(24)21-17-8-5-14(19)9-16(17)20/h3-9H,10-11H2,1-2H3,(H,21,24). The molecule has 0 aromatic heterocycles. The first kappa shape index (κ1) is 19.1. The number of hydrogen-bond acceptors (Lipinski definition) is 3. The van der Waals surface area contributed by atoms with Crippen LogP contribution in [0.4, 0.5) is 5.69 Å². The Morgan fingerprint density at radius 2 is 1.80 bits per heavy atom. The molecule has 0 saturated heterocycles. The highest BCUT2D eigenvalue weighted by Gasteiger charge is 2.15. The van der Waals surface area contributed by atoms with E-state index >= 15 is 0 Å². The lowest BCUT2D eigenvalue weighted by Crippen LogP contribution is -2.36. The number of carbonyl (C=O) groups excluding carboxylic acids is 2. The van der Waals surface area contributed by atoms with Crippen molar-refractivity contribution in [3.63, 3.8) is 0 Å². The van der Waals surface area contributed by atoms with E-state index in [-0.39, 0.29) is 18.4 Å². The number of halogens is 2. The van der Waals surface area contributed by atoms with Crippen molar-refractivity contribution in [3.8, 4) is 5.75 Å². The summed E-state index contributed by atoms with van der Waals surface area (Å²) in [5, 5.41) is 3.50. The lowest BCUT2D eigenvalue weighted by Gasteiger charge is -2.21. The molecule has 0 fully saturated rings. The number of nitrogens with zero attached hydrogens (tertiary/aromatic N) is 1. The van der Waals surface area contributed by atoms with Gasteiger partial charge in [0.15, 0.2) is 0 Å². The van der Waals surface area contributed by atoms with Crippen LogP contribution in [0, 0.1) is 0 Å². The van der Waals surface area contributed by atoms with Crippen molar-refractivity contribution in [1.29, 1.82) is 0 Å². The van der Waals surface area contributed by atoms with E-state index in [0.29, 0.717) is 22.3 Å². The van der Waals surface area contributed by atoms with Crippen LogP contribution >= 0.6 is 23.2 Å². The lowest BCUT2D eigenvalue weighted by molar-refractivity contribution is -0.133. The normalized spacial score (nSPS) is 10.2. The molecule has 0 aliphatic rings. The molecule has 5 nitrogen and oxygen atoms in total. The largest absolute Gasteiger partial charge is 0.497 e. The van der Waals surface area contributed by atoms with Gasteiger partial charge in [0.1, 0.15) is 12.3 Å². The Hall–Kier alpha value is -2.24. The second kappa shape index (κ2) is 8.74. The van der Waals surface area contributed by atoms with Crippen molar-refractivity contribution in [2.45, 2.75) is 13.5 Å². The van der Waals surface area contributed by atoms with Gasteiger partial charge >= 0.3 is 0 Å². The van der Waals surface area contributed by atoms with Crippen molar-refractivity contribution in [2.24, 2.45) is 0 Å². The molecule has 0 aliphatic carbocycles. The molecule has 132 valence electrons. The summed E-state index contributed by atoms with van der Waals surface area (Å²) in [6.07, 6.45) is 0. The topological polar surface area (TPSA) is 58.6 Å². The number of rotatable bonds is 6. The fourth-order valence-electron chi connectivity index (χ4n) is 2.18. The number of carbonyl (C=O) groups is 2. The highest BCUT2D eigenvalue weighted by Crippen LogP contribution is 2.25. The van der Waals surface area contributed by atoms with Gasteiger partial charge in [0, 0.05) is 18.5 Å². The molecule has 2 aromatic rings. The summed E-state index contributed by atoms with van der Waals surface area (Å²) in [6.45, 7) is 1.66. The molecule has 2 rings (SSSR count). The molecule has 0 unspecified atom stereocenters. The molecule has 0 saturated carbocycles. The predicted octanol–water partition coefficient (Wildman–Crippen LogP) is 3.99. The van der Waals surface area contributed by atoms with Crippen molar-refractivity contribution in [2.75, 3.05) is 19.0 Å². The zero-order chi connectivity index (χ0) is 18.4. The number of methoxy groups -OCH3 is 1. The molecule has 2 aromatic carbocycles. The first-order valence-corrected chi connectivity index (χ1v) is 8.28. The summed E-state index contributed by atoms with van der Waals surface area (Å²) in [6, 6.07) is 12.1. The van der Waals surface area contributed by atoms with Gasteiger partial charge < -0.3 is 15.0 Å². The van der Waals surface area contributed by atoms with Crippen LogP contribution in [0.15, 0.2) is 42.5 Å². The molecule has 0 heterocycles. The second-order valence-electron chi connectivity index (χ2n) is 5.40. The number of nitrogens with one attached hydrogen (secondary N) is 1. The monoisotopic (exact) mass is 380 g/mol. The average Bonchev–Trinajstić information content (AvgIpc) is 2.57. The molecular formula is C18H18Cl2N2O3. The predicted molar refractivity (Wildman–Crippen MR) is 99.2 cm³/mol. The number of amides is 2. The van der Waals surface area contributed by atoms with Crippen LogP contribution in [0.1, 0.15) is 12.5 Å². The van der Waals surface area contributed by atoms with Gasteiger partial charge in [0.05, 0.1) is 17.8 Å². The van der Waals surface area contributed by atoms with E-state index in [1.165, 1.54) is 11.8 Å². The number of benzene rings is 2. The highest BCUT2D eigenvalue weighted by molar-refractivity contribution is 6.36. The van der Waals surface area contributed by atoms with Crippen LogP contribution in [0.5, 0.6) is 5.75 Å². The maximum atomic E-state index is 12.2. The minimum atomic E-state index is -0.340. The zero-order valence-electron chi connectivity index (χ0n) is 13.9. The average molecular weight is 381 g/mol. The summed E-state index contributed by atoms with van der Waals surface area (Å²) >= 11 is 11.9. The second-order valence-corrected chi connectivity index (χ2v) is 6.24. The van der Waals surface area contributed by atoms with E-state index in [2.05, 4.69) is 5.32 Å². The zero-order valence-corrected chi connectivity index (χ0v) is 15.4. The van der Waals surface area contributed by atoms with E-state index in [0.717, 1.165) is 11.3 Å². The Morgan fingerprint density at radius 3 is 2.36 bits per heavy atom. The van der Waals surface area contributed by atoms with Gasteiger partial charge in [-0.3, -0.25) is 9.59 Å². The van der Waals surface area contributed by atoms with E-state index in [9.17, 15) is 9.59 Å². The van der Waals surface area contributed by atoms with Gasteiger partial charge in [-0.2, -0.15) is 0 Å². The summed E-state index contributed by atoms with van der Waals surface area (Å²) in [4.78, 5) is 25.5. The van der Waals surface area contributed by atoms with Gasteiger partial charge in [-0.1, -0.05) is 35.3 Å². The first-order valence-electron chi connectivity index (χ1n) is 7.52. The maximum absolute atomic E-state index is 12.2. The molecule has 0 atom stereocenters. The smallest absolute Gasteiger partial charge is 0.244 e. The van der Waals surface area contributed by atoms with E-state index in [1.54, 1.807) is 37.4 Å². The quantitative estimate of drug-likeness (QED) is 0.823. The summed E-state index contributed by atoms with van der Waals surface area (Å²) in [7, 11) is 1.59. The minimum Gasteiger partial charge on any atom is -0.497 e. The third-order valence-corrected chi connectivity index (χ3v) is 4.07. The van der Waals surface area contributed by atoms with Gasteiger partial charge in [-0.05, 0) is 35.9 Å². The summed E-state index contributed by atoms with van der Waals surface area (Å²) < 4.78 is 5.11. The van der Waals surface area contributed by atoms with Crippen LogP contribution in [0.2, 0.25) is 10.0 Å². The van der Waals surface area contributed by atoms with Crippen LogP contribution in [-0.2, 0) is 16.1 Å². The van der Waals surface area contributed by atoms with Crippen LogP contribution in [0.3, 0.4) is 0 Å². The number of hydrogen-bond donors (Lipinski definition) is 1. The molecule has 1 N–H and O–H groups in total. The highest BCUT2D eigenvalue weighted by atomic mass is 35.5. The molecular weight excluding hydrogens is 363 g/mol. The molecule has 7 heteroatoms. The molecule has 25 heavy (non-hydrogen) atoms. The van der Waals surface area contributed by atoms with E-state index < -0.39 is 0 Å². The van der Waals surface area contributed by atoms with Crippen LogP contribution < -0.4 is 10.1 Å². The molecule has 0 spiro atoms. The third-order valence-electron chi connectivity index (χ3n) is 3.52. The van der Waals surface area contributed by atoms with Crippen molar-refractivity contribution >= 4 is 40.7 Å². The Labute approximate surface area is 156 Å². The fourth-order valence-corrected chi connectivity index (χ4v) is 2.64. The van der Waals surface area contributed by atoms with Gasteiger partial charge in [0.25, 0.3) is 0 Å². The number of ether oxygens (including phenoxy) is 1. The lowest BCUT2D eigenvalue weighted by atomic mass is 10.2. The third kappa shape index (κ3) is 5.66. The van der Waals surface area contributed by atoms with Gasteiger partial charge in [-0.15, -0.1) is 0 Å². The van der Waals surface area contributed by atoms with Crippen LogP contribution in [0.25, 0.3) is 0 Å². The Balaban J connectivity index is 2.02. The van der Waals surface area contributed by atoms with Crippen molar-refractivity contribution in [3.05, 3.63) is 58.1 Å². The SMILES string of the molecule is COc1ccc(CN(CC(=O)Nc2ccc(Cl)cc2Cl)C(C)=O)cc1. The molecule has 2 amide bonds. The van der Waals surface area contributed by atoms with E-state index in [4.69, 9.17) is 27.9 Å². The maximum Gasteiger partial charge on any atom is 0.244 e. The Kier molecular flexibility index (Phi) is 6.67. The van der Waals surface area contributed by atoms with Crippen LogP contribution in [-0.4, -0.2) is 30.4 Å². The fraction of sp³-hybridized carbons (Fsp3) is 0.222. The summed E-state index contributed by atoms with van der Waals surface area (Å²) in [5.41, 5.74) is 1.34. The van der Waals surface area contributed by atoms with Gasteiger partial charge in [-0.25, -0.2) is 0 Å². The number of anilines is 1. The first-order chi connectivity index (χ1) is 11.9. The minimum absolute atomic E-state index is 0.0830. The molecule has 0 radical (unpaired) electrons. The van der Waals surface area contributed by atoms with Gasteiger partial charge in [0.2, 0.25) is 11.8 Å². The molecule has 0 bridgehead atoms. The Morgan fingerprint density at radius 1 is 1.12 bits per heavy atom. The Bertz CT molecular complexity index is 763. The van der Waals surface area contributed by atoms with Crippen molar-refractivity contribution in [1.82, 2.24) is 4.90 Å².